The Hall–Kier alpha value is -1.48. The molecule has 2 aromatic rings. The number of halogens is 1. The van der Waals surface area contributed by atoms with E-state index in [-0.39, 0.29) is 6.04 Å². The Balaban J connectivity index is 2.34. The number of benzene rings is 2. The second-order valence-electron chi connectivity index (χ2n) is 5.55. The van der Waals surface area contributed by atoms with Gasteiger partial charge in [0, 0.05) is 10.0 Å². The molecule has 0 fully saturated rings. The fraction of sp³-hybridized carbons (Fsp3) is 0.333. The molecule has 0 aliphatic carbocycles. The van der Waals surface area contributed by atoms with Gasteiger partial charge in [0.05, 0.1) is 18.8 Å². The summed E-state index contributed by atoms with van der Waals surface area (Å²) in [5, 5.41) is 3.60. The molecule has 2 nitrogen and oxygen atoms in total. The molecule has 0 aromatic heterocycles. The van der Waals surface area contributed by atoms with Crippen molar-refractivity contribution in [1.29, 1.82) is 0 Å². The number of rotatable bonds is 4. The van der Waals surface area contributed by atoms with E-state index in [1.165, 1.54) is 22.3 Å². The van der Waals surface area contributed by atoms with Crippen LogP contribution in [0.4, 0.5) is 5.69 Å². The maximum Gasteiger partial charge on any atom is 0.124 e. The summed E-state index contributed by atoms with van der Waals surface area (Å²) in [7, 11) is 1.72. The lowest BCUT2D eigenvalue weighted by molar-refractivity contribution is 0.408. The minimum atomic E-state index is 0.164. The smallest absolute Gasteiger partial charge is 0.124 e. The average molecular weight is 348 g/mol. The van der Waals surface area contributed by atoms with Gasteiger partial charge in [-0.25, -0.2) is 0 Å². The summed E-state index contributed by atoms with van der Waals surface area (Å²) in [6.45, 7) is 8.49. The topological polar surface area (TPSA) is 21.3 Å². The van der Waals surface area contributed by atoms with E-state index >= 15 is 0 Å². The molecule has 0 aliphatic rings. The van der Waals surface area contributed by atoms with Crippen molar-refractivity contribution in [2.75, 3.05) is 12.4 Å². The SMILES string of the molecule is COc1ccc(C)cc1C(C)Nc1c(C)cc(C)cc1Br. The number of hydrogen-bond donors (Lipinski definition) is 1. The van der Waals surface area contributed by atoms with Crippen molar-refractivity contribution in [3.63, 3.8) is 0 Å². The zero-order valence-corrected chi connectivity index (χ0v) is 14.8. The van der Waals surface area contributed by atoms with Crippen molar-refractivity contribution in [3.8, 4) is 5.75 Å². The van der Waals surface area contributed by atoms with E-state index in [1.807, 2.05) is 6.07 Å². The summed E-state index contributed by atoms with van der Waals surface area (Å²) in [5.74, 6) is 0.918. The van der Waals surface area contributed by atoms with Crippen LogP contribution in [0.5, 0.6) is 5.75 Å². The molecule has 3 heteroatoms. The lowest BCUT2D eigenvalue weighted by Crippen LogP contribution is -2.10. The number of ether oxygens (including phenoxy) is 1. The van der Waals surface area contributed by atoms with E-state index in [0.29, 0.717) is 0 Å². The van der Waals surface area contributed by atoms with Crippen molar-refractivity contribution < 1.29 is 4.74 Å². The monoisotopic (exact) mass is 347 g/mol. The van der Waals surface area contributed by atoms with Crippen LogP contribution in [0.2, 0.25) is 0 Å². The normalized spacial score (nSPS) is 12.1. The Morgan fingerprint density at radius 1 is 1.05 bits per heavy atom. The Morgan fingerprint density at radius 3 is 2.38 bits per heavy atom. The molecule has 0 aliphatic heterocycles. The molecule has 0 bridgehead atoms. The van der Waals surface area contributed by atoms with Gasteiger partial charge < -0.3 is 10.1 Å². The van der Waals surface area contributed by atoms with E-state index in [1.54, 1.807) is 7.11 Å². The van der Waals surface area contributed by atoms with E-state index in [9.17, 15) is 0 Å². The van der Waals surface area contributed by atoms with Crippen molar-refractivity contribution in [1.82, 2.24) is 0 Å². The molecule has 2 aromatic carbocycles. The van der Waals surface area contributed by atoms with Crippen LogP contribution in [-0.2, 0) is 0 Å². The maximum absolute atomic E-state index is 5.49. The van der Waals surface area contributed by atoms with Crippen molar-refractivity contribution in [2.24, 2.45) is 0 Å². The molecule has 0 spiro atoms. The Labute approximate surface area is 135 Å². The summed E-state index contributed by atoms with van der Waals surface area (Å²) >= 11 is 3.66. The summed E-state index contributed by atoms with van der Waals surface area (Å²) in [6.07, 6.45) is 0. The van der Waals surface area contributed by atoms with Crippen LogP contribution in [0.25, 0.3) is 0 Å². The molecule has 21 heavy (non-hydrogen) atoms. The quantitative estimate of drug-likeness (QED) is 0.781. The molecule has 112 valence electrons. The number of anilines is 1. The van der Waals surface area contributed by atoms with Gasteiger partial charge in [-0.2, -0.15) is 0 Å². The molecule has 1 N–H and O–H groups in total. The number of nitrogens with one attached hydrogen (secondary N) is 1. The summed E-state index contributed by atoms with van der Waals surface area (Å²) in [6, 6.07) is 10.8. The minimum Gasteiger partial charge on any atom is -0.496 e. The van der Waals surface area contributed by atoms with Crippen molar-refractivity contribution >= 4 is 21.6 Å². The summed E-state index contributed by atoms with van der Waals surface area (Å²) in [4.78, 5) is 0. The fourth-order valence-electron chi connectivity index (χ4n) is 2.58. The highest BCUT2D eigenvalue weighted by molar-refractivity contribution is 9.10. The molecule has 0 heterocycles. The first-order valence-corrected chi connectivity index (χ1v) is 7.89. The van der Waals surface area contributed by atoms with Gasteiger partial charge in [0.1, 0.15) is 5.75 Å². The second kappa shape index (κ2) is 6.52. The van der Waals surface area contributed by atoms with Gasteiger partial charge >= 0.3 is 0 Å². The standard InChI is InChI=1S/C18H22BrNO/c1-11-6-7-17(21-5)15(9-11)14(4)20-18-13(3)8-12(2)10-16(18)19/h6-10,14,20H,1-5H3. The highest BCUT2D eigenvalue weighted by Crippen LogP contribution is 2.33. The van der Waals surface area contributed by atoms with E-state index in [4.69, 9.17) is 4.74 Å². The number of hydrogen-bond acceptors (Lipinski definition) is 2. The van der Waals surface area contributed by atoms with E-state index in [2.05, 4.69) is 73.2 Å². The number of aryl methyl sites for hydroxylation is 3. The highest BCUT2D eigenvalue weighted by atomic mass is 79.9. The summed E-state index contributed by atoms with van der Waals surface area (Å²) < 4.78 is 6.58. The fourth-order valence-corrected chi connectivity index (χ4v) is 3.37. The summed E-state index contributed by atoms with van der Waals surface area (Å²) in [5.41, 5.74) is 6.03. The van der Waals surface area contributed by atoms with Crippen LogP contribution in [-0.4, -0.2) is 7.11 Å². The first kappa shape index (κ1) is 15.9. The first-order chi connectivity index (χ1) is 9.92. The first-order valence-electron chi connectivity index (χ1n) is 7.10. The average Bonchev–Trinajstić information content (AvgIpc) is 2.42. The van der Waals surface area contributed by atoms with Gasteiger partial charge in [-0.3, -0.25) is 0 Å². The Kier molecular flexibility index (Phi) is 4.94. The predicted octanol–water partition coefficient (Wildman–Crippen LogP) is 5.56. The van der Waals surface area contributed by atoms with Crippen molar-refractivity contribution in [3.05, 3.63) is 57.1 Å². The predicted molar refractivity (Wildman–Crippen MR) is 93.4 cm³/mol. The second-order valence-corrected chi connectivity index (χ2v) is 6.40. The van der Waals surface area contributed by atoms with Gasteiger partial charge in [0.25, 0.3) is 0 Å². The van der Waals surface area contributed by atoms with Gasteiger partial charge in [-0.05, 0) is 66.9 Å². The van der Waals surface area contributed by atoms with Crippen molar-refractivity contribution in [2.45, 2.75) is 33.7 Å². The molecule has 2 rings (SSSR count). The molecular weight excluding hydrogens is 326 g/mol. The van der Waals surface area contributed by atoms with Crippen LogP contribution in [0.1, 0.15) is 35.2 Å². The molecule has 0 amide bonds. The number of methoxy groups -OCH3 is 1. The van der Waals surface area contributed by atoms with Crippen LogP contribution in [0.3, 0.4) is 0 Å². The molecule has 0 saturated carbocycles. The minimum absolute atomic E-state index is 0.164. The third-order valence-corrected chi connectivity index (χ3v) is 4.27. The van der Waals surface area contributed by atoms with Crippen LogP contribution in [0, 0.1) is 20.8 Å². The molecule has 0 radical (unpaired) electrons. The Morgan fingerprint density at radius 2 is 1.76 bits per heavy atom. The molecule has 0 saturated heterocycles. The third kappa shape index (κ3) is 3.59. The lowest BCUT2D eigenvalue weighted by Gasteiger charge is -2.21. The zero-order valence-electron chi connectivity index (χ0n) is 13.3. The van der Waals surface area contributed by atoms with Crippen LogP contribution >= 0.6 is 15.9 Å². The van der Waals surface area contributed by atoms with Gasteiger partial charge in [-0.1, -0.05) is 23.8 Å². The van der Waals surface area contributed by atoms with E-state index in [0.717, 1.165) is 15.9 Å². The van der Waals surface area contributed by atoms with E-state index < -0.39 is 0 Å². The largest absolute Gasteiger partial charge is 0.496 e. The maximum atomic E-state index is 5.49. The van der Waals surface area contributed by atoms with Crippen LogP contribution in [0.15, 0.2) is 34.8 Å². The molecule has 1 atom stereocenters. The molecular formula is C18H22BrNO. The van der Waals surface area contributed by atoms with Crippen LogP contribution < -0.4 is 10.1 Å². The highest BCUT2D eigenvalue weighted by Gasteiger charge is 2.14. The molecule has 1 unspecified atom stereocenters. The van der Waals surface area contributed by atoms with Gasteiger partial charge in [0.15, 0.2) is 0 Å². The zero-order chi connectivity index (χ0) is 15.6. The van der Waals surface area contributed by atoms with Gasteiger partial charge in [0.2, 0.25) is 0 Å². The van der Waals surface area contributed by atoms with Gasteiger partial charge in [-0.15, -0.1) is 0 Å². The third-order valence-electron chi connectivity index (χ3n) is 3.64. The Bertz CT molecular complexity index is 629. The lowest BCUT2D eigenvalue weighted by atomic mass is 10.0.